The van der Waals surface area contributed by atoms with Gasteiger partial charge < -0.3 is 14.5 Å². The first-order valence-electron chi connectivity index (χ1n) is 9.46. The molecule has 0 unspecified atom stereocenters. The van der Waals surface area contributed by atoms with Gasteiger partial charge in [-0.15, -0.1) is 11.3 Å². The molecule has 146 valence electrons. The Kier molecular flexibility index (Phi) is 4.63. The van der Waals surface area contributed by atoms with Crippen molar-refractivity contribution in [3.8, 4) is 5.69 Å². The van der Waals surface area contributed by atoms with Gasteiger partial charge in [0.25, 0.3) is 5.56 Å². The molecule has 2 aliphatic heterocycles. The van der Waals surface area contributed by atoms with Gasteiger partial charge in [0, 0.05) is 36.1 Å². The summed E-state index contributed by atoms with van der Waals surface area (Å²) >= 11 is 7.74. The molecule has 1 saturated heterocycles. The molecule has 0 atom stereocenters. The number of aromatic nitrogens is 2. The van der Waals surface area contributed by atoms with Crippen LogP contribution in [0.25, 0.3) is 15.9 Å². The summed E-state index contributed by atoms with van der Waals surface area (Å²) in [5.74, 6) is 0.690. The molecule has 4 heterocycles. The summed E-state index contributed by atoms with van der Waals surface area (Å²) < 4.78 is 7.25. The Morgan fingerprint density at radius 3 is 2.64 bits per heavy atom. The monoisotopic (exact) mass is 416 g/mol. The molecule has 0 spiro atoms. The third-order valence-corrected chi connectivity index (χ3v) is 6.79. The zero-order valence-corrected chi connectivity index (χ0v) is 17.2. The molecule has 6 nitrogen and oxygen atoms in total. The van der Waals surface area contributed by atoms with Gasteiger partial charge in [0.1, 0.15) is 4.83 Å². The topological polar surface area (TPSA) is 50.6 Å². The number of anilines is 1. The fraction of sp³-hybridized carbons (Fsp3) is 0.400. The molecule has 0 amide bonds. The van der Waals surface area contributed by atoms with Crippen molar-refractivity contribution in [1.82, 2.24) is 14.5 Å². The predicted molar refractivity (Wildman–Crippen MR) is 113 cm³/mol. The first-order valence-corrected chi connectivity index (χ1v) is 10.7. The smallest absolute Gasteiger partial charge is 0.268 e. The predicted octanol–water partition coefficient (Wildman–Crippen LogP) is 2.93. The fourth-order valence-corrected chi connectivity index (χ4v) is 5.37. The van der Waals surface area contributed by atoms with Crippen LogP contribution in [0.5, 0.6) is 0 Å². The van der Waals surface area contributed by atoms with Gasteiger partial charge in [-0.2, -0.15) is 0 Å². The average Bonchev–Trinajstić information content (AvgIpc) is 3.07. The molecule has 0 bridgehead atoms. The van der Waals surface area contributed by atoms with Gasteiger partial charge in [0.05, 0.1) is 24.3 Å². The highest BCUT2D eigenvalue weighted by molar-refractivity contribution is 7.18. The highest BCUT2D eigenvalue weighted by Gasteiger charge is 2.26. The molecule has 8 heteroatoms. The Morgan fingerprint density at radius 2 is 1.89 bits per heavy atom. The number of nitrogens with zero attached hydrogens (tertiary/aromatic N) is 4. The highest BCUT2D eigenvalue weighted by Crippen LogP contribution is 2.34. The molecule has 1 aromatic carbocycles. The van der Waals surface area contributed by atoms with Crippen molar-refractivity contribution in [3.05, 3.63) is 50.1 Å². The summed E-state index contributed by atoms with van der Waals surface area (Å²) in [7, 11) is 2.12. The largest absolute Gasteiger partial charge is 0.378 e. The Balaban J connectivity index is 1.77. The minimum absolute atomic E-state index is 0.0101. The second-order valence-corrected chi connectivity index (χ2v) is 8.82. The molecule has 2 aromatic heterocycles. The summed E-state index contributed by atoms with van der Waals surface area (Å²) in [4.78, 5) is 25.2. The van der Waals surface area contributed by atoms with E-state index in [0.717, 1.165) is 48.5 Å². The molecule has 3 aromatic rings. The van der Waals surface area contributed by atoms with E-state index in [0.29, 0.717) is 24.2 Å². The van der Waals surface area contributed by atoms with Crippen LogP contribution in [0.3, 0.4) is 0 Å². The van der Waals surface area contributed by atoms with E-state index in [9.17, 15) is 4.79 Å². The van der Waals surface area contributed by atoms with E-state index in [1.807, 2.05) is 24.3 Å². The van der Waals surface area contributed by atoms with Gasteiger partial charge in [0.2, 0.25) is 5.95 Å². The molecule has 0 N–H and O–H groups in total. The lowest BCUT2D eigenvalue weighted by atomic mass is 10.1. The van der Waals surface area contributed by atoms with Crippen molar-refractivity contribution < 1.29 is 4.74 Å². The molecular weight excluding hydrogens is 396 g/mol. The van der Waals surface area contributed by atoms with Crippen molar-refractivity contribution in [2.45, 2.75) is 13.0 Å². The number of ether oxygens (including phenoxy) is 1. The number of fused-ring (bicyclic) bond motifs is 3. The average molecular weight is 417 g/mol. The molecule has 2 aliphatic rings. The minimum atomic E-state index is 0.0101. The van der Waals surface area contributed by atoms with E-state index in [1.165, 1.54) is 10.4 Å². The summed E-state index contributed by atoms with van der Waals surface area (Å²) in [6.07, 6.45) is 0.889. The van der Waals surface area contributed by atoms with Crippen LogP contribution in [-0.2, 0) is 17.7 Å². The molecule has 1 fully saturated rings. The van der Waals surface area contributed by atoms with Crippen LogP contribution < -0.4 is 10.5 Å². The Hall–Kier alpha value is -1.93. The molecule has 0 aliphatic carbocycles. The lowest BCUT2D eigenvalue weighted by Crippen LogP contribution is -2.40. The van der Waals surface area contributed by atoms with Crippen LogP contribution in [-0.4, -0.2) is 54.3 Å². The second kappa shape index (κ2) is 7.15. The van der Waals surface area contributed by atoms with Crippen LogP contribution in [0.4, 0.5) is 5.95 Å². The lowest BCUT2D eigenvalue weighted by Gasteiger charge is -2.29. The summed E-state index contributed by atoms with van der Waals surface area (Å²) in [6, 6.07) is 7.39. The van der Waals surface area contributed by atoms with Gasteiger partial charge in [-0.3, -0.25) is 4.79 Å². The van der Waals surface area contributed by atoms with E-state index in [2.05, 4.69) is 16.8 Å². The van der Waals surface area contributed by atoms with Gasteiger partial charge in [0.15, 0.2) is 0 Å². The summed E-state index contributed by atoms with van der Waals surface area (Å²) in [6.45, 7) is 4.56. The van der Waals surface area contributed by atoms with E-state index in [1.54, 1.807) is 15.9 Å². The van der Waals surface area contributed by atoms with E-state index >= 15 is 0 Å². The molecule has 0 radical (unpaired) electrons. The summed E-state index contributed by atoms with van der Waals surface area (Å²) in [5.41, 5.74) is 1.97. The van der Waals surface area contributed by atoms with Gasteiger partial charge in [-0.1, -0.05) is 11.6 Å². The van der Waals surface area contributed by atoms with Crippen LogP contribution in [0.1, 0.15) is 10.4 Å². The number of halogens is 1. The van der Waals surface area contributed by atoms with Gasteiger partial charge in [-0.05, 0) is 43.3 Å². The van der Waals surface area contributed by atoms with E-state index in [4.69, 9.17) is 21.3 Å². The lowest BCUT2D eigenvalue weighted by molar-refractivity contribution is 0.122. The molecule has 0 saturated carbocycles. The normalized spacial score (nSPS) is 17.9. The molecule has 28 heavy (non-hydrogen) atoms. The zero-order chi connectivity index (χ0) is 19.3. The Bertz CT molecular complexity index is 1090. The quantitative estimate of drug-likeness (QED) is 0.643. The highest BCUT2D eigenvalue weighted by atomic mass is 35.5. The van der Waals surface area contributed by atoms with Crippen molar-refractivity contribution in [1.29, 1.82) is 0 Å². The minimum Gasteiger partial charge on any atom is -0.378 e. The van der Waals surface area contributed by atoms with Gasteiger partial charge in [-0.25, -0.2) is 9.55 Å². The number of hydrogen-bond donors (Lipinski definition) is 0. The van der Waals surface area contributed by atoms with Crippen LogP contribution in [0.15, 0.2) is 29.1 Å². The first kappa shape index (κ1) is 18.1. The standard InChI is InChI=1S/C20H21ClN4O2S/c1-23-7-6-15-16(12-23)28-18-17(15)19(26)25(14-4-2-13(21)3-5-14)20(22-18)24-8-10-27-11-9-24/h2-5H,6-12H2,1H3. The van der Waals surface area contributed by atoms with E-state index < -0.39 is 0 Å². The van der Waals surface area contributed by atoms with Crippen LogP contribution in [0, 0.1) is 0 Å². The SMILES string of the molecule is CN1CCc2c(sc3nc(N4CCOCC4)n(-c4ccc(Cl)cc4)c(=O)c23)C1. The number of benzene rings is 1. The maximum absolute atomic E-state index is 13.7. The Morgan fingerprint density at radius 1 is 1.14 bits per heavy atom. The van der Waals surface area contributed by atoms with Crippen LogP contribution in [0.2, 0.25) is 5.02 Å². The number of rotatable bonds is 2. The molecule has 5 rings (SSSR count). The van der Waals surface area contributed by atoms with Crippen molar-refractivity contribution >= 4 is 39.1 Å². The summed E-state index contributed by atoms with van der Waals surface area (Å²) in [5, 5.41) is 1.43. The fourth-order valence-electron chi connectivity index (χ4n) is 3.96. The zero-order valence-electron chi connectivity index (χ0n) is 15.7. The van der Waals surface area contributed by atoms with Crippen LogP contribution >= 0.6 is 22.9 Å². The second-order valence-electron chi connectivity index (χ2n) is 7.30. The Labute approximate surface area is 171 Å². The third kappa shape index (κ3) is 3.03. The van der Waals surface area contributed by atoms with E-state index in [-0.39, 0.29) is 5.56 Å². The van der Waals surface area contributed by atoms with Crippen molar-refractivity contribution in [2.75, 3.05) is 44.8 Å². The maximum Gasteiger partial charge on any atom is 0.268 e. The number of morpholine rings is 1. The molecular formula is C20H21ClN4O2S. The first-order chi connectivity index (χ1) is 13.6. The third-order valence-electron chi connectivity index (χ3n) is 5.43. The van der Waals surface area contributed by atoms with Crippen molar-refractivity contribution in [3.63, 3.8) is 0 Å². The number of thiophene rings is 1. The van der Waals surface area contributed by atoms with Gasteiger partial charge >= 0.3 is 0 Å². The maximum atomic E-state index is 13.7. The number of hydrogen-bond acceptors (Lipinski definition) is 6. The number of likely N-dealkylation sites (N-methyl/N-ethyl adjacent to an activating group) is 1. The van der Waals surface area contributed by atoms with Crippen molar-refractivity contribution in [2.24, 2.45) is 0 Å².